The van der Waals surface area contributed by atoms with E-state index >= 15 is 0 Å². The fourth-order valence-corrected chi connectivity index (χ4v) is 2.70. The second-order valence-corrected chi connectivity index (χ2v) is 5.63. The molecule has 2 saturated heterocycles. The van der Waals surface area contributed by atoms with Crippen LogP contribution in [0.1, 0.15) is 12.5 Å². The van der Waals surface area contributed by atoms with E-state index in [1.807, 2.05) is 23.9 Å². The number of likely N-dealkylation sites (N-methyl/N-ethyl adjacent to an activating group) is 2. The van der Waals surface area contributed by atoms with Crippen LogP contribution < -0.4 is 5.69 Å². The zero-order valence-corrected chi connectivity index (χ0v) is 12.7. The Morgan fingerprint density at radius 2 is 2.14 bits per heavy atom. The molecule has 0 radical (unpaired) electrons. The topological polar surface area (TPSA) is 96.1 Å². The van der Waals surface area contributed by atoms with Gasteiger partial charge in [0.15, 0.2) is 0 Å². The van der Waals surface area contributed by atoms with E-state index in [0.29, 0.717) is 13.0 Å². The van der Waals surface area contributed by atoms with Crippen LogP contribution >= 0.6 is 0 Å². The van der Waals surface area contributed by atoms with Gasteiger partial charge < -0.3 is 19.6 Å². The SMILES string of the molecule is CN1CCN(C)C1=Nc1ncn([C@@H]2CO[C@H](CO)C2)c(=O)n1. The zero-order chi connectivity index (χ0) is 15.7. The fourth-order valence-electron chi connectivity index (χ4n) is 2.70. The Bertz CT molecular complexity index is 618. The van der Waals surface area contributed by atoms with Crippen LogP contribution in [-0.4, -0.2) is 81.9 Å². The minimum atomic E-state index is -0.398. The minimum Gasteiger partial charge on any atom is -0.394 e. The van der Waals surface area contributed by atoms with Crippen LogP contribution in [0.3, 0.4) is 0 Å². The highest BCUT2D eigenvalue weighted by atomic mass is 16.5. The Hall–Kier alpha value is -2.00. The third-order valence-electron chi connectivity index (χ3n) is 4.02. The van der Waals surface area contributed by atoms with E-state index < -0.39 is 5.69 Å². The Morgan fingerprint density at radius 3 is 2.73 bits per heavy atom. The third kappa shape index (κ3) is 2.81. The van der Waals surface area contributed by atoms with Gasteiger partial charge in [-0.15, -0.1) is 0 Å². The normalized spacial score (nSPS) is 25.1. The van der Waals surface area contributed by atoms with E-state index in [0.717, 1.165) is 19.0 Å². The molecular formula is C13H20N6O3. The Labute approximate surface area is 127 Å². The molecule has 120 valence electrons. The van der Waals surface area contributed by atoms with Crippen molar-refractivity contribution in [2.24, 2.45) is 4.99 Å². The lowest BCUT2D eigenvalue weighted by molar-refractivity contribution is 0.0574. The first-order valence-corrected chi connectivity index (χ1v) is 7.27. The van der Waals surface area contributed by atoms with Crippen LogP contribution in [0.25, 0.3) is 0 Å². The first kappa shape index (κ1) is 14.9. The van der Waals surface area contributed by atoms with E-state index in [1.54, 1.807) is 0 Å². The van der Waals surface area contributed by atoms with Gasteiger partial charge in [-0.25, -0.2) is 9.78 Å². The summed E-state index contributed by atoms with van der Waals surface area (Å²) in [5, 5.41) is 9.08. The van der Waals surface area contributed by atoms with Crippen molar-refractivity contribution in [3.05, 3.63) is 16.8 Å². The summed E-state index contributed by atoms with van der Waals surface area (Å²) < 4.78 is 6.83. The molecule has 0 unspecified atom stereocenters. The predicted molar refractivity (Wildman–Crippen MR) is 79.1 cm³/mol. The van der Waals surface area contributed by atoms with Gasteiger partial charge in [0, 0.05) is 27.2 Å². The molecule has 0 spiro atoms. The molecule has 3 rings (SSSR count). The number of guanidine groups is 1. The molecule has 22 heavy (non-hydrogen) atoms. The van der Waals surface area contributed by atoms with Gasteiger partial charge >= 0.3 is 5.69 Å². The highest BCUT2D eigenvalue weighted by Gasteiger charge is 2.27. The van der Waals surface area contributed by atoms with Crippen LogP contribution in [0, 0.1) is 0 Å². The molecule has 0 saturated carbocycles. The van der Waals surface area contributed by atoms with Crippen molar-refractivity contribution in [1.82, 2.24) is 24.3 Å². The van der Waals surface area contributed by atoms with Gasteiger partial charge in [0.1, 0.15) is 6.33 Å². The van der Waals surface area contributed by atoms with Gasteiger partial charge in [0.25, 0.3) is 5.95 Å². The number of aliphatic imine (C=N–C) groups is 1. The highest BCUT2D eigenvalue weighted by Crippen LogP contribution is 2.22. The van der Waals surface area contributed by atoms with Gasteiger partial charge in [-0.1, -0.05) is 0 Å². The summed E-state index contributed by atoms with van der Waals surface area (Å²) in [7, 11) is 3.88. The molecule has 1 aromatic rings. The molecule has 9 nitrogen and oxygen atoms in total. The lowest BCUT2D eigenvalue weighted by atomic mass is 10.2. The van der Waals surface area contributed by atoms with Gasteiger partial charge in [-0.2, -0.15) is 9.98 Å². The number of rotatable bonds is 3. The van der Waals surface area contributed by atoms with Crippen LogP contribution in [-0.2, 0) is 4.74 Å². The maximum atomic E-state index is 12.2. The molecule has 1 aromatic heterocycles. The van der Waals surface area contributed by atoms with E-state index in [-0.39, 0.29) is 24.7 Å². The summed E-state index contributed by atoms with van der Waals surface area (Å²) in [5.41, 5.74) is -0.398. The van der Waals surface area contributed by atoms with Crippen molar-refractivity contribution >= 4 is 11.9 Å². The Kier molecular flexibility index (Phi) is 4.08. The predicted octanol–water partition coefficient (Wildman–Crippen LogP) is -1.17. The standard InChI is InChI=1S/C13H20N6O3/c1-17-3-4-18(2)12(17)15-11-14-8-19(13(21)16-11)9-5-10(6-20)22-7-9/h8-10,20H,3-7H2,1-2H3/t9-,10-/m0/s1. The van der Waals surface area contributed by atoms with Crippen molar-refractivity contribution < 1.29 is 9.84 Å². The largest absolute Gasteiger partial charge is 0.394 e. The van der Waals surface area contributed by atoms with Crippen LogP contribution in [0.5, 0.6) is 0 Å². The maximum absolute atomic E-state index is 12.2. The van der Waals surface area contributed by atoms with Crippen molar-refractivity contribution in [2.45, 2.75) is 18.6 Å². The van der Waals surface area contributed by atoms with E-state index in [9.17, 15) is 4.79 Å². The summed E-state index contributed by atoms with van der Waals surface area (Å²) in [6.07, 6.45) is 1.81. The van der Waals surface area contributed by atoms with Crippen molar-refractivity contribution in [3.63, 3.8) is 0 Å². The lowest BCUT2D eigenvalue weighted by Gasteiger charge is -2.15. The zero-order valence-electron chi connectivity index (χ0n) is 12.7. The van der Waals surface area contributed by atoms with Crippen molar-refractivity contribution in [1.29, 1.82) is 0 Å². The number of ether oxygens (including phenoxy) is 1. The number of aromatic nitrogens is 3. The lowest BCUT2D eigenvalue weighted by Crippen LogP contribution is -2.30. The average molecular weight is 308 g/mol. The number of hydrogen-bond acceptors (Lipinski definition) is 6. The summed E-state index contributed by atoms with van der Waals surface area (Å²) in [5.74, 6) is 0.913. The number of nitrogens with zero attached hydrogens (tertiary/aromatic N) is 6. The average Bonchev–Trinajstić information content (AvgIpc) is 3.09. The summed E-state index contributed by atoms with van der Waals surface area (Å²) >= 11 is 0. The molecule has 0 aliphatic carbocycles. The van der Waals surface area contributed by atoms with Crippen LogP contribution in [0.15, 0.2) is 16.1 Å². The second-order valence-electron chi connectivity index (χ2n) is 5.63. The van der Waals surface area contributed by atoms with Gasteiger partial charge in [0.05, 0.1) is 25.4 Å². The van der Waals surface area contributed by atoms with Crippen LogP contribution in [0.4, 0.5) is 5.95 Å². The van der Waals surface area contributed by atoms with Crippen molar-refractivity contribution in [2.75, 3.05) is 40.4 Å². The van der Waals surface area contributed by atoms with Crippen molar-refractivity contribution in [3.8, 4) is 0 Å². The van der Waals surface area contributed by atoms with Crippen LogP contribution in [0.2, 0.25) is 0 Å². The highest BCUT2D eigenvalue weighted by molar-refractivity contribution is 5.83. The molecule has 1 N–H and O–H groups in total. The second kappa shape index (κ2) is 6.01. The number of aliphatic hydroxyl groups is 1. The molecule has 2 aliphatic rings. The molecule has 9 heteroatoms. The van der Waals surface area contributed by atoms with E-state index in [1.165, 1.54) is 10.9 Å². The van der Waals surface area contributed by atoms with Gasteiger partial charge in [0.2, 0.25) is 5.96 Å². The summed E-state index contributed by atoms with van der Waals surface area (Å²) in [6.45, 7) is 2.10. The van der Waals surface area contributed by atoms with E-state index in [4.69, 9.17) is 9.84 Å². The van der Waals surface area contributed by atoms with Gasteiger partial charge in [-0.05, 0) is 6.42 Å². The summed E-state index contributed by atoms with van der Waals surface area (Å²) in [6, 6.07) is -0.136. The molecule has 0 aromatic carbocycles. The first-order chi connectivity index (χ1) is 10.6. The number of aliphatic hydroxyl groups excluding tert-OH is 1. The monoisotopic (exact) mass is 308 g/mol. The molecule has 2 aliphatic heterocycles. The molecule has 0 amide bonds. The molecule has 2 atom stereocenters. The maximum Gasteiger partial charge on any atom is 0.352 e. The molecule has 2 fully saturated rings. The molecule has 0 bridgehead atoms. The van der Waals surface area contributed by atoms with E-state index in [2.05, 4.69) is 15.0 Å². The third-order valence-corrected chi connectivity index (χ3v) is 4.02. The molecule has 3 heterocycles. The minimum absolute atomic E-state index is 0.0451. The summed E-state index contributed by atoms with van der Waals surface area (Å²) in [4.78, 5) is 28.6. The Balaban J connectivity index is 1.81. The Morgan fingerprint density at radius 1 is 1.41 bits per heavy atom. The first-order valence-electron chi connectivity index (χ1n) is 7.27. The smallest absolute Gasteiger partial charge is 0.352 e. The fraction of sp³-hybridized carbons (Fsp3) is 0.692. The van der Waals surface area contributed by atoms with Gasteiger partial charge in [-0.3, -0.25) is 4.57 Å². The molecular weight excluding hydrogens is 288 g/mol. The quantitative estimate of drug-likeness (QED) is 0.751. The number of hydrogen-bond donors (Lipinski definition) is 1.